The zero-order valence-electron chi connectivity index (χ0n) is 8.10. The molecule has 10 heavy (non-hydrogen) atoms. The van der Waals surface area contributed by atoms with Crippen LogP contribution in [-0.2, 0) is 0 Å². The Kier molecular flexibility index (Phi) is 1.14. The average molecular weight is 161 g/mol. The standard InChI is InChI=1S/C7H8ClNO/c1-10-7-4-5(9)2-3-6(7)8/h2-4H,9H2,1H3/i1D3. The van der Waals surface area contributed by atoms with Gasteiger partial charge in [0.05, 0.1) is 16.2 Å². The van der Waals surface area contributed by atoms with Gasteiger partial charge in [0.2, 0.25) is 0 Å². The largest absolute Gasteiger partial charge is 0.495 e. The lowest BCUT2D eigenvalue weighted by Crippen LogP contribution is -1.87. The predicted molar refractivity (Wildman–Crippen MR) is 42.4 cm³/mol. The van der Waals surface area contributed by atoms with Gasteiger partial charge in [0.15, 0.2) is 0 Å². The summed E-state index contributed by atoms with van der Waals surface area (Å²) in [5.41, 5.74) is 5.83. The van der Waals surface area contributed by atoms with E-state index in [2.05, 4.69) is 4.74 Å². The summed E-state index contributed by atoms with van der Waals surface area (Å²) in [6, 6.07) is 4.42. The first kappa shape index (κ1) is 4.09. The number of nitrogen functional groups attached to an aromatic ring is 1. The second kappa shape index (κ2) is 2.80. The molecule has 2 nitrogen and oxygen atoms in total. The molecule has 0 aromatic heterocycles. The maximum absolute atomic E-state index is 6.85. The molecule has 0 amide bonds. The van der Waals surface area contributed by atoms with Crippen LogP contribution in [0.5, 0.6) is 5.75 Å². The molecule has 0 atom stereocenters. The van der Waals surface area contributed by atoms with Gasteiger partial charge in [0, 0.05) is 11.8 Å². The van der Waals surface area contributed by atoms with Gasteiger partial charge in [-0.25, -0.2) is 0 Å². The average Bonchev–Trinajstić information content (AvgIpc) is 1.94. The molecule has 1 rings (SSSR count). The van der Waals surface area contributed by atoms with Crippen LogP contribution in [0.15, 0.2) is 18.2 Å². The van der Waals surface area contributed by atoms with Crippen molar-refractivity contribution in [2.75, 3.05) is 12.8 Å². The van der Waals surface area contributed by atoms with Crippen molar-refractivity contribution in [2.45, 2.75) is 0 Å². The Morgan fingerprint density at radius 2 is 2.50 bits per heavy atom. The molecule has 0 heterocycles. The summed E-state index contributed by atoms with van der Waals surface area (Å²) in [6.45, 7) is 0. The number of nitrogens with two attached hydrogens (primary N) is 1. The molecule has 0 fully saturated rings. The molecule has 0 aliphatic carbocycles. The monoisotopic (exact) mass is 160 g/mol. The fraction of sp³-hybridized carbons (Fsp3) is 0.143. The van der Waals surface area contributed by atoms with Gasteiger partial charge in [-0.2, -0.15) is 0 Å². The highest BCUT2D eigenvalue weighted by atomic mass is 35.5. The lowest BCUT2D eigenvalue weighted by Gasteiger charge is -2.01. The third kappa shape index (κ3) is 1.33. The Hall–Kier alpha value is -0.890. The van der Waals surface area contributed by atoms with Gasteiger partial charge in [-0.3, -0.25) is 0 Å². The summed E-state index contributed by atoms with van der Waals surface area (Å²) in [5, 5.41) is 0.227. The molecule has 0 saturated carbocycles. The van der Waals surface area contributed by atoms with Crippen molar-refractivity contribution < 1.29 is 8.85 Å². The highest BCUT2D eigenvalue weighted by molar-refractivity contribution is 6.32. The van der Waals surface area contributed by atoms with Gasteiger partial charge >= 0.3 is 0 Å². The number of hydrogen-bond acceptors (Lipinski definition) is 2. The minimum Gasteiger partial charge on any atom is -0.495 e. The lowest BCUT2D eigenvalue weighted by atomic mass is 10.3. The fourth-order valence-corrected chi connectivity index (χ4v) is 0.754. The summed E-state index contributed by atoms with van der Waals surface area (Å²) >= 11 is 5.67. The molecular formula is C7H8ClNO. The van der Waals surface area contributed by atoms with Crippen LogP contribution in [0.25, 0.3) is 0 Å². The number of rotatable bonds is 1. The van der Waals surface area contributed by atoms with Gasteiger partial charge in [-0.15, -0.1) is 0 Å². The molecule has 0 aliphatic heterocycles. The normalized spacial score (nSPS) is 15.1. The third-order valence-electron chi connectivity index (χ3n) is 1.07. The maximum atomic E-state index is 6.85. The number of ether oxygens (including phenoxy) is 1. The molecule has 54 valence electrons. The zero-order valence-corrected chi connectivity index (χ0v) is 5.85. The molecule has 0 spiro atoms. The molecule has 0 unspecified atom stereocenters. The molecule has 0 bridgehead atoms. The number of hydrogen-bond donors (Lipinski definition) is 1. The van der Waals surface area contributed by atoms with Crippen molar-refractivity contribution in [3.8, 4) is 5.75 Å². The summed E-state index contributed by atoms with van der Waals surface area (Å²) in [4.78, 5) is 0. The van der Waals surface area contributed by atoms with E-state index < -0.39 is 7.04 Å². The number of halogens is 1. The first-order valence-electron chi connectivity index (χ1n) is 4.12. The Morgan fingerprint density at radius 1 is 1.70 bits per heavy atom. The van der Waals surface area contributed by atoms with E-state index in [1.807, 2.05) is 0 Å². The second-order valence-corrected chi connectivity index (χ2v) is 2.20. The first-order valence-corrected chi connectivity index (χ1v) is 3.00. The van der Waals surface area contributed by atoms with Crippen molar-refractivity contribution in [1.29, 1.82) is 0 Å². The smallest absolute Gasteiger partial charge is 0.139 e. The zero-order chi connectivity index (χ0) is 10.1. The van der Waals surface area contributed by atoms with Crippen LogP contribution in [0.2, 0.25) is 5.02 Å². The number of methoxy groups -OCH3 is 1. The third-order valence-corrected chi connectivity index (χ3v) is 1.38. The summed E-state index contributed by atoms with van der Waals surface area (Å²) in [7, 11) is -2.50. The number of anilines is 1. The molecule has 3 heteroatoms. The van der Waals surface area contributed by atoms with Crippen LogP contribution in [0, 0.1) is 0 Å². The summed E-state index contributed by atoms with van der Waals surface area (Å²) in [6.07, 6.45) is 0. The molecule has 0 radical (unpaired) electrons. The van der Waals surface area contributed by atoms with E-state index in [1.54, 1.807) is 6.07 Å². The molecule has 0 saturated heterocycles. The van der Waals surface area contributed by atoms with Gasteiger partial charge in [0.25, 0.3) is 0 Å². The Labute approximate surface area is 68.8 Å². The van der Waals surface area contributed by atoms with E-state index >= 15 is 0 Å². The predicted octanol–water partition coefficient (Wildman–Crippen LogP) is 1.93. The van der Waals surface area contributed by atoms with Crippen molar-refractivity contribution >= 4 is 17.3 Å². The SMILES string of the molecule is [2H]C([2H])([2H])Oc1cc(N)ccc1Cl. The molecular weight excluding hydrogens is 150 g/mol. The van der Waals surface area contributed by atoms with Crippen molar-refractivity contribution in [1.82, 2.24) is 0 Å². The van der Waals surface area contributed by atoms with Gasteiger partial charge in [-0.05, 0) is 12.1 Å². The minimum absolute atomic E-state index is 0.0710. The molecule has 2 N–H and O–H groups in total. The van der Waals surface area contributed by atoms with E-state index in [0.717, 1.165) is 0 Å². The maximum Gasteiger partial charge on any atom is 0.139 e. The van der Waals surface area contributed by atoms with Crippen LogP contribution in [0.1, 0.15) is 4.11 Å². The van der Waals surface area contributed by atoms with Crippen LogP contribution < -0.4 is 10.5 Å². The quantitative estimate of drug-likeness (QED) is 0.638. The molecule has 0 aliphatic rings. The van der Waals surface area contributed by atoms with Gasteiger partial charge in [-0.1, -0.05) is 11.6 Å². The van der Waals surface area contributed by atoms with E-state index in [1.165, 1.54) is 12.1 Å². The Bertz CT molecular complexity index is 313. The van der Waals surface area contributed by atoms with Crippen molar-refractivity contribution in [3.63, 3.8) is 0 Å². The fourth-order valence-electron chi connectivity index (χ4n) is 0.598. The van der Waals surface area contributed by atoms with E-state index in [0.29, 0.717) is 5.69 Å². The van der Waals surface area contributed by atoms with Crippen molar-refractivity contribution in [3.05, 3.63) is 23.2 Å². The lowest BCUT2D eigenvalue weighted by molar-refractivity contribution is 0.415. The van der Waals surface area contributed by atoms with Crippen LogP contribution in [-0.4, -0.2) is 7.04 Å². The highest BCUT2D eigenvalue weighted by Crippen LogP contribution is 2.25. The van der Waals surface area contributed by atoms with E-state index in [9.17, 15) is 0 Å². The van der Waals surface area contributed by atoms with Crippen molar-refractivity contribution in [2.24, 2.45) is 0 Å². The summed E-state index contributed by atoms with van der Waals surface area (Å²) < 4.78 is 25.1. The van der Waals surface area contributed by atoms with E-state index in [-0.39, 0.29) is 10.8 Å². The van der Waals surface area contributed by atoms with Gasteiger partial charge < -0.3 is 10.5 Å². The number of benzene rings is 1. The molecule has 1 aromatic carbocycles. The highest BCUT2D eigenvalue weighted by Gasteiger charge is 1.97. The van der Waals surface area contributed by atoms with Gasteiger partial charge in [0.1, 0.15) is 5.75 Å². The summed E-state index contributed by atoms with van der Waals surface area (Å²) in [5.74, 6) is 0.0710. The topological polar surface area (TPSA) is 35.2 Å². The Morgan fingerprint density at radius 3 is 3.20 bits per heavy atom. The minimum atomic E-state index is -2.50. The second-order valence-electron chi connectivity index (χ2n) is 1.79. The molecule has 1 aromatic rings. The first-order chi connectivity index (χ1) is 5.88. The van der Waals surface area contributed by atoms with E-state index in [4.69, 9.17) is 21.4 Å². The van der Waals surface area contributed by atoms with Crippen LogP contribution >= 0.6 is 11.6 Å². The Balaban J connectivity index is 2.94. The van der Waals surface area contributed by atoms with Crippen LogP contribution in [0.3, 0.4) is 0 Å². The van der Waals surface area contributed by atoms with Crippen LogP contribution in [0.4, 0.5) is 5.69 Å².